The lowest BCUT2D eigenvalue weighted by molar-refractivity contribution is -0.111. The predicted octanol–water partition coefficient (Wildman–Crippen LogP) is 3.80. The highest BCUT2D eigenvalue weighted by atomic mass is 32.1. The number of nitriles is 1. The standard InChI is InChI=1S/C22H23N3O5S/c1-4-30-22(27)25-10-9-16-17(12-23)21(31-19(16)13-25)24-20(26)8-5-14-11-15(28-2)6-7-18(14)29-3/h5-8,11H,4,9-10,13H2,1-3H3,(H,24,26). The molecule has 1 aromatic heterocycles. The summed E-state index contributed by atoms with van der Waals surface area (Å²) in [6.45, 7) is 2.90. The summed E-state index contributed by atoms with van der Waals surface area (Å²) in [5.41, 5.74) is 2.01. The number of nitrogens with zero attached hydrogens (tertiary/aromatic N) is 2. The normalized spacial score (nSPS) is 12.8. The first-order chi connectivity index (χ1) is 15.0. The van der Waals surface area contributed by atoms with Crippen LogP contribution in [0.15, 0.2) is 24.3 Å². The summed E-state index contributed by atoms with van der Waals surface area (Å²) in [5, 5.41) is 12.9. The highest BCUT2D eigenvalue weighted by molar-refractivity contribution is 7.16. The van der Waals surface area contributed by atoms with E-state index in [4.69, 9.17) is 14.2 Å². The molecular formula is C22H23N3O5S. The molecule has 2 amide bonds. The van der Waals surface area contributed by atoms with Crippen molar-refractivity contribution >= 4 is 34.4 Å². The number of methoxy groups -OCH3 is 2. The van der Waals surface area contributed by atoms with Crippen molar-refractivity contribution in [3.63, 3.8) is 0 Å². The van der Waals surface area contributed by atoms with Crippen molar-refractivity contribution in [2.24, 2.45) is 0 Å². The number of hydrogen-bond donors (Lipinski definition) is 1. The lowest BCUT2D eigenvalue weighted by Crippen LogP contribution is -2.35. The summed E-state index contributed by atoms with van der Waals surface area (Å²) in [5.74, 6) is 0.875. The summed E-state index contributed by atoms with van der Waals surface area (Å²) >= 11 is 1.31. The first-order valence-electron chi connectivity index (χ1n) is 9.68. The number of rotatable bonds is 6. The average molecular weight is 442 g/mol. The van der Waals surface area contributed by atoms with Gasteiger partial charge in [0.1, 0.15) is 22.6 Å². The molecule has 2 heterocycles. The second-order valence-electron chi connectivity index (χ2n) is 6.62. The highest BCUT2D eigenvalue weighted by Gasteiger charge is 2.27. The molecule has 0 aliphatic carbocycles. The molecular weight excluding hydrogens is 418 g/mol. The van der Waals surface area contributed by atoms with Crippen LogP contribution >= 0.6 is 11.3 Å². The van der Waals surface area contributed by atoms with Crippen molar-refractivity contribution in [3.05, 3.63) is 45.8 Å². The number of carbonyl (C=O) groups excluding carboxylic acids is 2. The van der Waals surface area contributed by atoms with E-state index in [1.165, 1.54) is 17.4 Å². The smallest absolute Gasteiger partial charge is 0.410 e. The Bertz CT molecular complexity index is 1050. The van der Waals surface area contributed by atoms with Crippen LogP contribution in [0.3, 0.4) is 0 Å². The Balaban J connectivity index is 1.76. The Labute approximate surface area is 184 Å². The molecule has 0 fully saturated rings. The Morgan fingerprint density at radius 2 is 2.13 bits per heavy atom. The summed E-state index contributed by atoms with van der Waals surface area (Å²) in [6.07, 6.45) is 3.17. The predicted molar refractivity (Wildman–Crippen MR) is 117 cm³/mol. The zero-order chi connectivity index (χ0) is 22.4. The molecule has 9 heteroatoms. The highest BCUT2D eigenvalue weighted by Crippen LogP contribution is 2.37. The van der Waals surface area contributed by atoms with Gasteiger partial charge in [-0.15, -0.1) is 11.3 Å². The summed E-state index contributed by atoms with van der Waals surface area (Å²) in [6, 6.07) is 7.47. The van der Waals surface area contributed by atoms with Crippen molar-refractivity contribution < 1.29 is 23.8 Å². The molecule has 31 heavy (non-hydrogen) atoms. The van der Waals surface area contributed by atoms with Crippen LogP contribution in [0.5, 0.6) is 11.5 Å². The van der Waals surface area contributed by atoms with Crippen LogP contribution in [0.2, 0.25) is 0 Å². The van der Waals surface area contributed by atoms with Gasteiger partial charge in [-0.25, -0.2) is 4.79 Å². The molecule has 162 valence electrons. The van der Waals surface area contributed by atoms with Crippen LogP contribution in [0, 0.1) is 11.3 Å². The fourth-order valence-electron chi connectivity index (χ4n) is 3.27. The summed E-state index contributed by atoms with van der Waals surface area (Å²) in [4.78, 5) is 27.0. The Morgan fingerprint density at radius 3 is 2.81 bits per heavy atom. The minimum Gasteiger partial charge on any atom is -0.497 e. The molecule has 0 bridgehead atoms. The van der Waals surface area contributed by atoms with E-state index >= 15 is 0 Å². The van der Waals surface area contributed by atoms with Crippen LogP contribution in [0.4, 0.5) is 9.80 Å². The third-order valence-electron chi connectivity index (χ3n) is 4.78. The van der Waals surface area contributed by atoms with Gasteiger partial charge in [0.2, 0.25) is 5.91 Å². The summed E-state index contributed by atoms with van der Waals surface area (Å²) in [7, 11) is 3.11. The molecule has 8 nitrogen and oxygen atoms in total. The first-order valence-corrected chi connectivity index (χ1v) is 10.5. The minimum atomic E-state index is -0.374. The van der Waals surface area contributed by atoms with Gasteiger partial charge in [0.05, 0.1) is 32.9 Å². The number of nitrogens with one attached hydrogen (secondary N) is 1. The van der Waals surface area contributed by atoms with E-state index in [0.717, 1.165) is 10.4 Å². The van der Waals surface area contributed by atoms with Crippen LogP contribution in [0.1, 0.15) is 28.5 Å². The molecule has 0 saturated heterocycles. The van der Waals surface area contributed by atoms with E-state index < -0.39 is 0 Å². The Morgan fingerprint density at radius 1 is 1.32 bits per heavy atom. The van der Waals surface area contributed by atoms with Crippen LogP contribution < -0.4 is 14.8 Å². The fraction of sp³-hybridized carbons (Fsp3) is 0.318. The SMILES string of the molecule is CCOC(=O)N1CCc2c(sc(NC(=O)C=Cc3cc(OC)ccc3OC)c2C#N)C1. The number of thiophene rings is 1. The molecule has 0 atom stereocenters. The van der Waals surface area contributed by atoms with Crippen LogP contribution in [-0.2, 0) is 22.5 Å². The zero-order valence-electron chi connectivity index (χ0n) is 17.6. The third kappa shape index (κ3) is 4.98. The first kappa shape index (κ1) is 22.2. The quantitative estimate of drug-likeness (QED) is 0.684. The van der Waals surface area contributed by atoms with E-state index in [0.29, 0.717) is 53.7 Å². The van der Waals surface area contributed by atoms with Crippen molar-refractivity contribution in [1.82, 2.24) is 4.90 Å². The summed E-state index contributed by atoms with van der Waals surface area (Å²) < 4.78 is 15.6. The largest absolute Gasteiger partial charge is 0.497 e. The van der Waals surface area contributed by atoms with E-state index in [-0.39, 0.29) is 12.0 Å². The van der Waals surface area contributed by atoms with Gasteiger partial charge in [-0.05, 0) is 43.2 Å². The minimum absolute atomic E-state index is 0.307. The van der Waals surface area contributed by atoms with Gasteiger partial charge in [-0.2, -0.15) is 5.26 Å². The van der Waals surface area contributed by atoms with Crippen molar-refractivity contribution in [2.45, 2.75) is 19.9 Å². The second kappa shape index (κ2) is 10.00. The van der Waals surface area contributed by atoms with E-state index in [1.54, 1.807) is 50.3 Å². The second-order valence-corrected chi connectivity index (χ2v) is 7.73. The van der Waals surface area contributed by atoms with Gasteiger partial charge in [-0.1, -0.05) is 0 Å². The number of fused-ring (bicyclic) bond motifs is 1. The Kier molecular flexibility index (Phi) is 7.15. The van der Waals surface area contributed by atoms with Crippen LogP contribution in [-0.4, -0.2) is 44.3 Å². The Hall–Kier alpha value is -3.51. The zero-order valence-corrected chi connectivity index (χ0v) is 18.4. The van der Waals surface area contributed by atoms with Gasteiger partial charge in [0.25, 0.3) is 0 Å². The molecule has 1 aliphatic rings. The van der Waals surface area contributed by atoms with Crippen molar-refractivity contribution in [3.8, 4) is 17.6 Å². The maximum Gasteiger partial charge on any atom is 0.410 e. The molecule has 3 rings (SSSR count). The van der Waals surface area contributed by atoms with Gasteiger partial charge < -0.3 is 24.4 Å². The number of benzene rings is 1. The molecule has 0 saturated carbocycles. The fourth-order valence-corrected chi connectivity index (χ4v) is 4.49. The number of anilines is 1. The number of ether oxygens (including phenoxy) is 3. The van der Waals surface area contributed by atoms with E-state index in [9.17, 15) is 14.9 Å². The van der Waals surface area contributed by atoms with Crippen LogP contribution in [0.25, 0.3) is 6.08 Å². The van der Waals surface area contributed by atoms with Gasteiger partial charge in [-0.3, -0.25) is 4.79 Å². The van der Waals surface area contributed by atoms with Gasteiger partial charge >= 0.3 is 6.09 Å². The third-order valence-corrected chi connectivity index (χ3v) is 5.91. The van der Waals surface area contributed by atoms with Gasteiger partial charge in [0.15, 0.2) is 0 Å². The molecule has 0 unspecified atom stereocenters. The molecule has 1 aromatic carbocycles. The van der Waals surface area contributed by atoms with E-state index in [2.05, 4.69) is 11.4 Å². The topological polar surface area (TPSA) is 101 Å². The number of hydrogen-bond acceptors (Lipinski definition) is 7. The lowest BCUT2D eigenvalue weighted by Gasteiger charge is -2.25. The lowest BCUT2D eigenvalue weighted by atomic mass is 10.0. The molecule has 0 radical (unpaired) electrons. The van der Waals surface area contributed by atoms with Gasteiger partial charge in [0, 0.05) is 23.1 Å². The molecule has 1 N–H and O–H groups in total. The van der Waals surface area contributed by atoms with E-state index in [1.807, 2.05) is 0 Å². The molecule has 1 aliphatic heterocycles. The molecule has 2 aromatic rings. The monoisotopic (exact) mass is 441 g/mol. The average Bonchev–Trinajstić information content (AvgIpc) is 3.13. The number of amides is 2. The maximum absolute atomic E-state index is 12.5. The maximum atomic E-state index is 12.5. The van der Waals surface area contributed by atoms with Crippen molar-refractivity contribution in [1.29, 1.82) is 5.26 Å². The van der Waals surface area contributed by atoms with Crippen molar-refractivity contribution in [2.75, 3.05) is 32.7 Å². The molecule has 0 spiro atoms. The number of carbonyl (C=O) groups is 2.